The monoisotopic (exact) mass is 331 g/mol. The number of nitrogens with one attached hydrogen (secondary N) is 1. The molecular formula is C17H17NO4S. The first-order valence-corrected chi connectivity index (χ1v) is 8.94. The molecule has 0 saturated heterocycles. The average Bonchev–Trinajstić information content (AvgIpc) is 2.54. The Kier molecular flexibility index (Phi) is 4.62. The van der Waals surface area contributed by atoms with Crippen LogP contribution in [0.5, 0.6) is 11.5 Å². The van der Waals surface area contributed by atoms with Gasteiger partial charge in [-0.05, 0) is 29.8 Å². The lowest BCUT2D eigenvalue weighted by molar-refractivity contribution is 0.102. The Bertz CT molecular complexity index is 760. The first-order valence-electron chi connectivity index (χ1n) is 7.22. The number of hydrogen-bond acceptors (Lipinski definition) is 4. The van der Waals surface area contributed by atoms with Crippen molar-refractivity contribution in [1.29, 1.82) is 0 Å². The molecule has 5 nitrogen and oxygen atoms in total. The van der Waals surface area contributed by atoms with Gasteiger partial charge in [0.15, 0.2) is 11.5 Å². The zero-order valence-corrected chi connectivity index (χ0v) is 13.5. The molecule has 0 saturated carbocycles. The molecule has 2 aromatic carbocycles. The van der Waals surface area contributed by atoms with E-state index in [4.69, 9.17) is 9.47 Å². The van der Waals surface area contributed by atoms with Crippen LogP contribution in [0.1, 0.15) is 15.9 Å². The molecule has 6 heteroatoms. The number of rotatable bonds is 4. The van der Waals surface area contributed by atoms with Gasteiger partial charge < -0.3 is 14.8 Å². The summed E-state index contributed by atoms with van der Waals surface area (Å²) >= 11 is 0. The molecule has 1 atom stereocenters. The van der Waals surface area contributed by atoms with Crippen molar-refractivity contribution < 1.29 is 18.5 Å². The van der Waals surface area contributed by atoms with Crippen molar-refractivity contribution in [1.82, 2.24) is 0 Å². The Morgan fingerprint density at radius 2 is 1.91 bits per heavy atom. The van der Waals surface area contributed by atoms with Gasteiger partial charge >= 0.3 is 0 Å². The van der Waals surface area contributed by atoms with Crippen molar-refractivity contribution in [3.63, 3.8) is 0 Å². The van der Waals surface area contributed by atoms with Gasteiger partial charge in [0.2, 0.25) is 0 Å². The predicted molar refractivity (Wildman–Crippen MR) is 89.6 cm³/mol. The summed E-state index contributed by atoms with van der Waals surface area (Å²) in [5.74, 6) is 1.53. The maximum atomic E-state index is 12.4. The topological polar surface area (TPSA) is 64.6 Å². The van der Waals surface area contributed by atoms with E-state index in [-0.39, 0.29) is 5.91 Å². The van der Waals surface area contributed by atoms with Gasteiger partial charge in [0.1, 0.15) is 13.2 Å². The average molecular weight is 331 g/mol. The van der Waals surface area contributed by atoms with E-state index in [1.165, 1.54) is 0 Å². The number of hydrogen-bond donors (Lipinski definition) is 1. The van der Waals surface area contributed by atoms with Crippen LogP contribution < -0.4 is 14.8 Å². The number of carbonyl (C=O) groups excluding carboxylic acids is 1. The summed E-state index contributed by atoms with van der Waals surface area (Å²) < 4.78 is 22.3. The molecule has 0 fully saturated rings. The van der Waals surface area contributed by atoms with Gasteiger partial charge in [-0.25, -0.2) is 0 Å². The minimum absolute atomic E-state index is 0.217. The summed E-state index contributed by atoms with van der Waals surface area (Å²) in [7, 11) is -0.940. The molecule has 0 bridgehead atoms. The molecule has 2 aromatic rings. The summed E-state index contributed by atoms with van der Waals surface area (Å²) in [6, 6.07) is 12.4. The molecule has 0 spiro atoms. The quantitative estimate of drug-likeness (QED) is 0.935. The Hall–Kier alpha value is -2.34. The van der Waals surface area contributed by atoms with Gasteiger partial charge in [-0.15, -0.1) is 0 Å². The summed E-state index contributed by atoms with van der Waals surface area (Å²) in [6.45, 7) is 1.03. The summed E-state index contributed by atoms with van der Waals surface area (Å²) in [5.41, 5.74) is 2.05. The molecule has 1 unspecified atom stereocenters. The standard InChI is InChI=1S/C17H17NO4S/c1-23(20)11-12-3-2-4-13(9-12)17(19)18-14-5-6-15-16(10-14)22-8-7-21-15/h2-6,9-10H,7-8,11H2,1H3,(H,18,19). The van der Waals surface area contributed by atoms with Gasteiger partial charge in [-0.1, -0.05) is 12.1 Å². The second kappa shape index (κ2) is 6.83. The number of carbonyl (C=O) groups is 1. The zero-order valence-electron chi connectivity index (χ0n) is 12.7. The van der Waals surface area contributed by atoms with E-state index in [9.17, 15) is 9.00 Å². The molecule has 0 aromatic heterocycles. The highest BCUT2D eigenvalue weighted by molar-refractivity contribution is 7.83. The summed E-state index contributed by atoms with van der Waals surface area (Å²) in [5, 5.41) is 2.84. The molecule has 1 aliphatic heterocycles. The minimum Gasteiger partial charge on any atom is -0.486 e. The van der Waals surface area contributed by atoms with Crippen LogP contribution in [0, 0.1) is 0 Å². The van der Waals surface area contributed by atoms with Gasteiger partial charge in [0, 0.05) is 40.1 Å². The van der Waals surface area contributed by atoms with E-state index in [2.05, 4.69) is 5.32 Å². The maximum absolute atomic E-state index is 12.4. The van der Waals surface area contributed by atoms with E-state index in [0.29, 0.717) is 41.7 Å². The largest absolute Gasteiger partial charge is 0.486 e. The molecule has 1 heterocycles. The molecular weight excluding hydrogens is 314 g/mol. The molecule has 1 amide bonds. The van der Waals surface area contributed by atoms with Gasteiger partial charge in [-0.2, -0.15) is 0 Å². The number of anilines is 1. The van der Waals surface area contributed by atoms with Crippen LogP contribution in [0.15, 0.2) is 42.5 Å². The highest BCUT2D eigenvalue weighted by Crippen LogP contribution is 2.32. The third-order valence-corrected chi connectivity index (χ3v) is 4.10. The van der Waals surface area contributed by atoms with Crippen molar-refractivity contribution in [2.75, 3.05) is 24.8 Å². The minimum atomic E-state index is -0.940. The van der Waals surface area contributed by atoms with Crippen LogP contribution >= 0.6 is 0 Å². The molecule has 120 valence electrons. The fraction of sp³-hybridized carbons (Fsp3) is 0.235. The summed E-state index contributed by atoms with van der Waals surface area (Å²) in [4.78, 5) is 12.4. The second-order valence-corrected chi connectivity index (χ2v) is 6.67. The molecule has 1 aliphatic rings. The van der Waals surface area contributed by atoms with E-state index in [0.717, 1.165) is 5.56 Å². The van der Waals surface area contributed by atoms with E-state index in [1.807, 2.05) is 6.07 Å². The Morgan fingerprint density at radius 1 is 1.13 bits per heavy atom. The van der Waals surface area contributed by atoms with Crippen molar-refractivity contribution in [2.45, 2.75) is 5.75 Å². The van der Waals surface area contributed by atoms with Crippen molar-refractivity contribution in [3.05, 3.63) is 53.6 Å². The molecule has 23 heavy (non-hydrogen) atoms. The SMILES string of the molecule is CS(=O)Cc1cccc(C(=O)Nc2ccc3c(c2)OCCO3)c1. The highest BCUT2D eigenvalue weighted by atomic mass is 32.2. The van der Waals surface area contributed by atoms with Crippen LogP contribution in [-0.2, 0) is 16.6 Å². The third kappa shape index (κ3) is 3.90. The Labute approximate surface area is 137 Å². The van der Waals surface area contributed by atoms with Gasteiger partial charge in [0.05, 0.1) is 0 Å². The first kappa shape index (κ1) is 15.6. The van der Waals surface area contributed by atoms with E-state index < -0.39 is 10.8 Å². The van der Waals surface area contributed by atoms with Crippen molar-refractivity contribution in [2.24, 2.45) is 0 Å². The number of ether oxygens (including phenoxy) is 2. The molecule has 1 N–H and O–H groups in total. The fourth-order valence-electron chi connectivity index (χ4n) is 2.36. The smallest absolute Gasteiger partial charge is 0.255 e. The number of fused-ring (bicyclic) bond motifs is 1. The molecule has 0 radical (unpaired) electrons. The Balaban J connectivity index is 1.75. The third-order valence-electron chi connectivity index (χ3n) is 3.36. The fourth-order valence-corrected chi connectivity index (χ4v) is 3.01. The van der Waals surface area contributed by atoms with Crippen LogP contribution in [-0.4, -0.2) is 29.6 Å². The lowest BCUT2D eigenvalue weighted by Gasteiger charge is -2.19. The van der Waals surface area contributed by atoms with Gasteiger partial charge in [0.25, 0.3) is 5.91 Å². The lowest BCUT2D eigenvalue weighted by Crippen LogP contribution is -2.16. The number of benzene rings is 2. The van der Waals surface area contributed by atoms with Crippen molar-refractivity contribution >= 4 is 22.4 Å². The van der Waals surface area contributed by atoms with E-state index >= 15 is 0 Å². The normalized spacial score (nSPS) is 14.1. The zero-order chi connectivity index (χ0) is 16.2. The highest BCUT2D eigenvalue weighted by Gasteiger charge is 2.13. The van der Waals surface area contributed by atoms with Crippen molar-refractivity contribution in [3.8, 4) is 11.5 Å². The Morgan fingerprint density at radius 3 is 2.70 bits per heavy atom. The lowest BCUT2D eigenvalue weighted by atomic mass is 10.1. The molecule has 3 rings (SSSR count). The van der Waals surface area contributed by atoms with Crippen LogP contribution in [0.4, 0.5) is 5.69 Å². The van der Waals surface area contributed by atoms with E-state index in [1.54, 1.807) is 42.7 Å². The maximum Gasteiger partial charge on any atom is 0.255 e. The van der Waals surface area contributed by atoms with Crippen LogP contribution in [0.3, 0.4) is 0 Å². The second-order valence-electron chi connectivity index (χ2n) is 5.23. The first-order chi connectivity index (χ1) is 11.1. The van der Waals surface area contributed by atoms with Crippen LogP contribution in [0.25, 0.3) is 0 Å². The summed E-state index contributed by atoms with van der Waals surface area (Å²) in [6.07, 6.45) is 1.64. The predicted octanol–water partition coefficient (Wildman–Crippen LogP) is 2.59. The molecule has 0 aliphatic carbocycles. The van der Waals surface area contributed by atoms with Gasteiger partial charge in [-0.3, -0.25) is 9.00 Å². The number of amides is 1. The van der Waals surface area contributed by atoms with Crippen LogP contribution in [0.2, 0.25) is 0 Å².